The number of aromatic hydroxyl groups is 2. The first-order valence-electron chi connectivity index (χ1n) is 9.70. The van der Waals surface area contributed by atoms with Crippen molar-refractivity contribution in [2.45, 2.75) is 45.3 Å². The van der Waals surface area contributed by atoms with Gasteiger partial charge in [-0.25, -0.2) is 0 Å². The molecule has 0 fully saturated rings. The molecule has 3 rings (SSSR count). The number of nitrogens with one attached hydrogen (secondary N) is 1. The van der Waals surface area contributed by atoms with Crippen LogP contribution in [0.15, 0.2) is 54.6 Å². The normalized spacial score (nSPS) is 13.0. The lowest BCUT2D eigenvalue weighted by molar-refractivity contribution is 0.158. The number of phenolic OH excluding ortho intramolecular Hbond substituents is 2. The monoisotopic (exact) mass is 379 g/mol. The fourth-order valence-electron chi connectivity index (χ4n) is 3.59. The van der Waals surface area contributed by atoms with Crippen molar-refractivity contribution >= 4 is 10.8 Å². The summed E-state index contributed by atoms with van der Waals surface area (Å²) in [6.45, 7) is 6.32. The van der Waals surface area contributed by atoms with Gasteiger partial charge in [-0.2, -0.15) is 0 Å². The maximum atomic E-state index is 10.6. The quantitative estimate of drug-likeness (QED) is 0.453. The molecule has 0 aliphatic rings. The Hall–Kier alpha value is -2.56. The van der Waals surface area contributed by atoms with Crippen molar-refractivity contribution in [3.63, 3.8) is 0 Å². The zero-order valence-corrected chi connectivity index (χ0v) is 16.7. The Morgan fingerprint density at radius 3 is 2.46 bits per heavy atom. The maximum absolute atomic E-state index is 10.6. The van der Waals surface area contributed by atoms with Crippen molar-refractivity contribution in [2.24, 2.45) is 0 Å². The Labute approximate surface area is 166 Å². The van der Waals surface area contributed by atoms with Crippen LogP contribution in [0.1, 0.15) is 43.1 Å². The van der Waals surface area contributed by atoms with E-state index in [0.717, 1.165) is 12.8 Å². The molecular weight excluding hydrogens is 350 g/mol. The first kappa shape index (κ1) is 20.2. The Balaban J connectivity index is 1.63. The summed E-state index contributed by atoms with van der Waals surface area (Å²) in [4.78, 5) is 0. The molecule has 0 saturated carbocycles. The summed E-state index contributed by atoms with van der Waals surface area (Å²) in [6, 6.07) is 17.9. The van der Waals surface area contributed by atoms with Crippen LogP contribution in [0.2, 0.25) is 0 Å². The van der Waals surface area contributed by atoms with Crippen LogP contribution in [-0.2, 0) is 6.42 Å². The topological polar surface area (TPSA) is 72.7 Å². The predicted octanol–water partition coefficient (Wildman–Crippen LogP) is 4.59. The van der Waals surface area contributed by atoms with Crippen LogP contribution >= 0.6 is 0 Å². The highest BCUT2D eigenvalue weighted by molar-refractivity contribution is 5.85. The predicted molar refractivity (Wildman–Crippen MR) is 114 cm³/mol. The summed E-state index contributed by atoms with van der Waals surface area (Å²) >= 11 is 0. The molecule has 4 N–H and O–H groups in total. The summed E-state index contributed by atoms with van der Waals surface area (Å²) in [5.74, 6) is -0.344. The standard InChI is InChI=1S/C24H29NO3/c1-16-19(11-12-21(26)23(16)28)22(27)15-25-24(2,3)14-13-18-9-6-8-17-7-4-5-10-20(17)18/h4-12,22,25-28H,13-15H2,1-3H3. The molecule has 0 radical (unpaired) electrons. The maximum Gasteiger partial charge on any atom is 0.160 e. The van der Waals surface area contributed by atoms with Crippen LogP contribution in [-0.4, -0.2) is 27.4 Å². The van der Waals surface area contributed by atoms with Gasteiger partial charge in [0.05, 0.1) is 6.10 Å². The lowest BCUT2D eigenvalue weighted by Crippen LogP contribution is -2.42. The van der Waals surface area contributed by atoms with Crippen molar-refractivity contribution < 1.29 is 15.3 Å². The van der Waals surface area contributed by atoms with E-state index in [4.69, 9.17) is 0 Å². The van der Waals surface area contributed by atoms with Crippen molar-refractivity contribution in [3.8, 4) is 11.5 Å². The zero-order valence-electron chi connectivity index (χ0n) is 16.7. The van der Waals surface area contributed by atoms with Crippen LogP contribution in [0.4, 0.5) is 0 Å². The van der Waals surface area contributed by atoms with Gasteiger partial charge in [0.15, 0.2) is 11.5 Å². The molecule has 3 aromatic carbocycles. The highest BCUT2D eigenvalue weighted by Crippen LogP contribution is 2.33. The first-order valence-corrected chi connectivity index (χ1v) is 9.70. The lowest BCUT2D eigenvalue weighted by Gasteiger charge is -2.28. The molecule has 3 aromatic rings. The molecule has 0 saturated heterocycles. The van der Waals surface area contributed by atoms with Crippen LogP contribution in [0, 0.1) is 6.92 Å². The van der Waals surface area contributed by atoms with E-state index in [1.165, 1.54) is 22.4 Å². The van der Waals surface area contributed by atoms with Gasteiger partial charge < -0.3 is 20.6 Å². The number of fused-ring (bicyclic) bond motifs is 1. The molecule has 0 heterocycles. The van der Waals surface area contributed by atoms with Crippen molar-refractivity contribution in [2.75, 3.05) is 6.54 Å². The smallest absolute Gasteiger partial charge is 0.160 e. The van der Waals surface area contributed by atoms with E-state index in [-0.39, 0.29) is 17.0 Å². The fraction of sp³-hybridized carbons (Fsp3) is 0.333. The molecule has 0 aliphatic heterocycles. The van der Waals surface area contributed by atoms with Crippen LogP contribution < -0.4 is 5.32 Å². The van der Waals surface area contributed by atoms with Crippen molar-refractivity contribution in [3.05, 3.63) is 71.3 Å². The molecule has 0 amide bonds. The largest absolute Gasteiger partial charge is 0.504 e. The summed E-state index contributed by atoms with van der Waals surface area (Å²) in [5.41, 5.74) is 2.29. The minimum absolute atomic E-state index is 0.162. The van der Waals surface area contributed by atoms with Crippen LogP contribution in [0.3, 0.4) is 0 Å². The van der Waals surface area contributed by atoms with Gasteiger partial charge in [0.25, 0.3) is 0 Å². The molecule has 4 heteroatoms. The number of aliphatic hydroxyl groups excluding tert-OH is 1. The van der Waals surface area contributed by atoms with Gasteiger partial charge in [0.1, 0.15) is 0 Å². The van der Waals surface area contributed by atoms with E-state index in [0.29, 0.717) is 17.7 Å². The minimum Gasteiger partial charge on any atom is -0.504 e. The second-order valence-corrected chi connectivity index (χ2v) is 8.07. The number of hydrogen-bond acceptors (Lipinski definition) is 4. The minimum atomic E-state index is -0.761. The SMILES string of the molecule is Cc1c(C(O)CNC(C)(C)CCc2cccc3ccccc23)ccc(O)c1O. The van der Waals surface area contributed by atoms with Gasteiger partial charge >= 0.3 is 0 Å². The number of benzene rings is 3. The highest BCUT2D eigenvalue weighted by atomic mass is 16.3. The Morgan fingerprint density at radius 2 is 1.68 bits per heavy atom. The summed E-state index contributed by atoms with van der Waals surface area (Å²) < 4.78 is 0. The van der Waals surface area contributed by atoms with Gasteiger partial charge in [-0.3, -0.25) is 0 Å². The Morgan fingerprint density at radius 1 is 0.964 bits per heavy atom. The number of rotatable bonds is 7. The fourth-order valence-corrected chi connectivity index (χ4v) is 3.59. The van der Waals surface area contributed by atoms with Crippen LogP contribution in [0.25, 0.3) is 10.8 Å². The third-order valence-corrected chi connectivity index (χ3v) is 5.48. The van der Waals surface area contributed by atoms with Gasteiger partial charge in [-0.15, -0.1) is 0 Å². The summed E-state index contributed by atoms with van der Waals surface area (Å²) in [5, 5.41) is 36.0. The number of hydrogen-bond donors (Lipinski definition) is 4. The second-order valence-electron chi connectivity index (χ2n) is 8.07. The number of aliphatic hydroxyl groups is 1. The Bertz CT molecular complexity index is 960. The van der Waals surface area contributed by atoms with Gasteiger partial charge in [-0.1, -0.05) is 48.5 Å². The van der Waals surface area contributed by atoms with Crippen LogP contribution in [0.5, 0.6) is 11.5 Å². The summed E-state index contributed by atoms with van der Waals surface area (Å²) in [7, 11) is 0. The molecule has 148 valence electrons. The zero-order chi connectivity index (χ0) is 20.3. The van der Waals surface area contributed by atoms with E-state index in [9.17, 15) is 15.3 Å². The third-order valence-electron chi connectivity index (χ3n) is 5.48. The van der Waals surface area contributed by atoms with E-state index in [1.807, 2.05) is 0 Å². The lowest BCUT2D eigenvalue weighted by atomic mass is 9.92. The van der Waals surface area contributed by atoms with Crippen molar-refractivity contribution in [1.82, 2.24) is 5.32 Å². The third kappa shape index (κ3) is 4.46. The van der Waals surface area contributed by atoms with Gasteiger partial charge in [0, 0.05) is 17.6 Å². The highest BCUT2D eigenvalue weighted by Gasteiger charge is 2.21. The molecule has 0 aromatic heterocycles. The first-order chi connectivity index (χ1) is 13.3. The molecule has 0 bridgehead atoms. The molecule has 4 nitrogen and oxygen atoms in total. The second kappa shape index (κ2) is 8.21. The van der Waals surface area contributed by atoms with E-state index < -0.39 is 6.10 Å². The molecule has 0 spiro atoms. The van der Waals surface area contributed by atoms with Gasteiger partial charge in [0.2, 0.25) is 0 Å². The number of β-amino-alcohol motifs (C(OH)–C–C–N with tert-alkyl or cyclic N) is 1. The van der Waals surface area contributed by atoms with Gasteiger partial charge in [-0.05, 0) is 61.6 Å². The average molecular weight is 380 g/mol. The molecule has 0 aliphatic carbocycles. The number of phenols is 2. The molecular formula is C24H29NO3. The molecule has 1 unspecified atom stereocenters. The Kier molecular flexibility index (Phi) is 5.92. The molecule has 1 atom stereocenters. The van der Waals surface area contributed by atoms with E-state index >= 15 is 0 Å². The number of aryl methyl sites for hydroxylation is 1. The van der Waals surface area contributed by atoms with Crippen molar-refractivity contribution in [1.29, 1.82) is 0 Å². The summed E-state index contributed by atoms with van der Waals surface area (Å²) in [6.07, 6.45) is 1.10. The molecule has 28 heavy (non-hydrogen) atoms. The average Bonchev–Trinajstić information content (AvgIpc) is 2.69. The van der Waals surface area contributed by atoms with E-state index in [1.54, 1.807) is 13.0 Å². The van der Waals surface area contributed by atoms with E-state index in [2.05, 4.69) is 61.6 Å².